The smallest absolute Gasteiger partial charge is 0.355 e. The maximum absolute atomic E-state index is 13.7. The highest BCUT2D eigenvalue weighted by Crippen LogP contribution is 2.42. The summed E-state index contributed by atoms with van der Waals surface area (Å²) in [5, 5.41) is 3.56. The Morgan fingerprint density at radius 3 is 2.34 bits per heavy atom. The summed E-state index contributed by atoms with van der Waals surface area (Å²) in [7, 11) is 3.24. The average molecular weight is 437 g/mol. The van der Waals surface area contributed by atoms with Crippen molar-refractivity contribution in [2.45, 2.75) is 19.3 Å². The van der Waals surface area contributed by atoms with Crippen LogP contribution in [0.5, 0.6) is 0 Å². The molecule has 4 rings (SSSR count). The van der Waals surface area contributed by atoms with Crippen molar-refractivity contribution in [3.8, 4) is 22.3 Å². The van der Waals surface area contributed by atoms with Gasteiger partial charge in [-0.05, 0) is 61.3 Å². The van der Waals surface area contributed by atoms with Gasteiger partial charge >= 0.3 is 5.97 Å². The second-order valence-electron chi connectivity index (χ2n) is 8.07. The Balaban J connectivity index is 1.80. The van der Waals surface area contributed by atoms with Crippen LogP contribution in [-0.2, 0) is 11.8 Å². The summed E-state index contributed by atoms with van der Waals surface area (Å²) < 4.78 is 20.7. The summed E-state index contributed by atoms with van der Waals surface area (Å²) in [6.07, 6.45) is 7.17. The van der Waals surface area contributed by atoms with Crippen molar-refractivity contribution in [2.24, 2.45) is 7.05 Å². The lowest BCUT2D eigenvalue weighted by atomic mass is 9.96. The van der Waals surface area contributed by atoms with Gasteiger partial charge in [0, 0.05) is 43.7 Å². The molecule has 0 radical (unpaired) electrons. The minimum atomic E-state index is -0.424. The van der Waals surface area contributed by atoms with Gasteiger partial charge in [0.1, 0.15) is 17.3 Å². The first-order valence-electron chi connectivity index (χ1n) is 11.0. The van der Waals surface area contributed by atoms with E-state index >= 15 is 0 Å². The monoisotopic (exact) mass is 436 g/mol. The molecular weight excluding hydrogens is 407 g/mol. The summed E-state index contributed by atoms with van der Waals surface area (Å²) in [6.45, 7) is 3.90. The molecule has 1 aromatic carbocycles. The van der Waals surface area contributed by atoms with Crippen LogP contribution >= 0.6 is 0 Å². The first-order chi connectivity index (χ1) is 15.6. The van der Waals surface area contributed by atoms with Gasteiger partial charge in [-0.3, -0.25) is 4.98 Å². The van der Waals surface area contributed by atoms with E-state index in [1.807, 2.05) is 23.7 Å². The van der Waals surface area contributed by atoms with Gasteiger partial charge < -0.3 is 19.5 Å². The van der Waals surface area contributed by atoms with E-state index in [0.717, 1.165) is 54.3 Å². The number of esters is 1. The van der Waals surface area contributed by atoms with Gasteiger partial charge in [-0.2, -0.15) is 0 Å². The number of ether oxygens (including phenoxy) is 1. The Bertz CT molecular complexity index is 1060. The van der Waals surface area contributed by atoms with E-state index in [1.165, 1.54) is 38.5 Å². The molecule has 1 aliphatic rings. The number of methoxy groups -OCH3 is 1. The second-order valence-corrected chi connectivity index (χ2v) is 8.07. The molecule has 1 N–H and O–H groups in total. The topological polar surface area (TPSA) is 59.4 Å². The SMILES string of the molecule is COC(=O)c1c(-c2ccncc2)c(-c2ccc(F)cc2)c(NCCN2CCCCC2)n1C. The molecule has 32 heavy (non-hydrogen) atoms. The molecule has 3 aromatic rings. The number of piperidine rings is 1. The fraction of sp³-hybridized carbons (Fsp3) is 0.360. The van der Waals surface area contributed by atoms with Gasteiger partial charge in [-0.25, -0.2) is 9.18 Å². The molecule has 0 unspecified atom stereocenters. The molecule has 0 saturated carbocycles. The van der Waals surface area contributed by atoms with Crippen molar-refractivity contribution in [2.75, 3.05) is 38.6 Å². The number of aromatic nitrogens is 2. The van der Waals surface area contributed by atoms with Crippen molar-refractivity contribution in [3.05, 3.63) is 60.3 Å². The molecule has 2 aromatic heterocycles. The standard InChI is InChI=1S/C25H29FN4O2/c1-29-23(25(31)32-2)21(19-10-12-27-13-11-19)22(18-6-8-20(26)9-7-18)24(29)28-14-17-30-15-4-3-5-16-30/h6-13,28H,3-5,14-17H2,1-2H3. The maximum atomic E-state index is 13.7. The number of nitrogens with one attached hydrogen (secondary N) is 1. The molecule has 1 saturated heterocycles. The van der Waals surface area contributed by atoms with E-state index < -0.39 is 5.97 Å². The van der Waals surface area contributed by atoms with Gasteiger partial charge in [-0.1, -0.05) is 18.6 Å². The number of carbonyl (C=O) groups excluding carboxylic acids is 1. The van der Waals surface area contributed by atoms with Crippen LogP contribution in [0.2, 0.25) is 0 Å². The third-order valence-electron chi connectivity index (χ3n) is 6.04. The Hall–Kier alpha value is -3.19. The van der Waals surface area contributed by atoms with E-state index in [2.05, 4.69) is 15.2 Å². The van der Waals surface area contributed by atoms with Crippen molar-refractivity contribution in [3.63, 3.8) is 0 Å². The predicted octanol–water partition coefficient (Wildman–Crippen LogP) is 4.58. The summed E-state index contributed by atoms with van der Waals surface area (Å²) in [5.41, 5.74) is 3.70. The van der Waals surface area contributed by atoms with Crippen LogP contribution in [0.15, 0.2) is 48.8 Å². The van der Waals surface area contributed by atoms with Crippen molar-refractivity contribution < 1.29 is 13.9 Å². The lowest BCUT2D eigenvalue weighted by molar-refractivity contribution is 0.0591. The molecule has 1 fully saturated rings. The third-order valence-corrected chi connectivity index (χ3v) is 6.04. The number of hydrogen-bond acceptors (Lipinski definition) is 5. The fourth-order valence-electron chi connectivity index (χ4n) is 4.44. The average Bonchev–Trinajstić information content (AvgIpc) is 3.12. The second kappa shape index (κ2) is 9.96. The predicted molar refractivity (Wildman–Crippen MR) is 124 cm³/mol. The zero-order valence-corrected chi connectivity index (χ0v) is 18.6. The van der Waals surface area contributed by atoms with Crippen molar-refractivity contribution in [1.82, 2.24) is 14.5 Å². The largest absolute Gasteiger partial charge is 0.464 e. The highest BCUT2D eigenvalue weighted by Gasteiger charge is 2.28. The summed E-state index contributed by atoms with van der Waals surface area (Å²) in [4.78, 5) is 19.4. The highest BCUT2D eigenvalue weighted by atomic mass is 19.1. The van der Waals surface area contributed by atoms with Crippen LogP contribution in [-0.4, -0.2) is 53.7 Å². The Morgan fingerprint density at radius 1 is 1.03 bits per heavy atom. The van der Waals surface area contributed by atoms with E-state index in [1.54, 1.807) is 24.5 Å². The van der Waals surface area contributed by atoms with Crippen molar-refractivity contribution >= 4 is 11.8 Å². The summed E-state index contributed by atoms with van der Waals surface area (Å²) >= 11 is 0. The Kier molecular flexibility index (Phi) is 6.85. The zero-order chi connectivity index (χ0) is 22.5. The molecular formula is C25H29FN4O2. The van der Waals surface area contributed by atoms with Crippen molar-refractivity contribution in [1.29, 1.82) is 0 Å². The van der Waals surface area contributed by atoms with Gasteiger partial charge in [0.15, 0.2) is 0 Å². The minimum Gasteiger partial charge on any atom is -0.464 e. The van der Waals surface area contributed by atoms with Crippen LogP contribution < -0.4 is 5.32 Å². The Labute approximate surface area is 188 Å². The zero-order valence-electron chi connectivity index (χ0n) is 18.6. The molecule has 6 nitrogen and oxygen atoms in total. The van der Waals surface area contributed by atoms with E-state index in [0.29, 0.717) is 5.69 Å². The maximum Gasteiger partial charge on any atom is 0.355 e. The highest BCUT2D eigenvalue weighted by molar-refractivity contribution is 6.05. The molecule has 0 atom stereocenters. The lowest BCUT2D eigenvalue weighted by Gasteiger charge is -2.26. The number of hydrogen-bond donors (Lipinski definition) is 1. The van der Waals surface area contributed by atoms with E-state index in [9.17, 15) is 9.18 Å². The number of nitrogens with zero attached hydrogens (tertiary/aromatic N) is 3. The number of rotatable bonds is 7. The number of benzene rings is 1. The quantitative estimate of drug-likeness (QED) is 0.550. The normalized spacial score (nSPS) is 14.3. The van der Waals surface area contributed by atoms with Gasteiger partial charge in [0.25, 0.3) is 0 Å². The molecule has 3 heterocycles. The van der Waals surface area contributed by atoms with Crippen LogP contribution in [0.4, 0.5) is 10.2 Å². The van der Waals surface area contributed by atoms with Gasteiger partial charge in [-0.15, -0.1) is 0 Å². The first kappa shape index (κ1) is 22.0. The first-order valence-corrected chi connectivity index (χ1v) is 11.0. The van der Waals surface area contributed by atoms with Crippen LogP contribution in [0.25, 0.3) is 22.3 Å². The van der Waals surface area contributed by atoms with E-state index in [-0.39, 0.29) is 5.82 Å². The molecule has 0 spiro atoms. The van der Waals surface area contributed by atoms with E-state index in [4.69, 9.17) is 4.74 Å². The lowest BCUT2D eigenvalue weighted by Crippen LogP contribution is -2.34. The Morgan fingerprint density at radius 2 is 1.69 bits per heavy atom. The summed E-state index contributed by atoms with van der Waals surface area (Å²) in [5.74, 6) is 0.0792. The van der Waals surface area contributed by atoms with Gasteiger partial charge in [0.05, 0.1) is 7.11 Å². The summed E-state index contributed by atoms with van der Waals surface area (Å²) in [6, 6.07) is 10.1. The number of likely N-dealkylation sites (tertiary alicyclic amines) is 1. The molecule has 0 aliphatic carbocycles. The number of pyridine rings is 1. The molecule has 1 aliphatic heterocycles. The van der Waals surface area contributed by atoms with Crippen LogP contribution in [0.1, 0.15) is 29.8 Å². The molecule has 0 bridgehead atoms. The fourth-order valence-corrected chi connectivity index (χ4v) is 4.44. The minimum absolute atomic E-state index is 0.303. The van der Waals surface area contributed by atoms with Crippen LogP contribution in [0, 0.1) is 5.82 Å². The molecule has 0 amide bonds. The molecule has 168 valence electrons. The number of halogens is 1. The molecule has 7 heteroatoms. The van der Waals surface area contributed by atoms with Gasteiger partial charge in [0.2, 0.25) is 0 Å². The number of carbonyl (C=O) groups is 1. The van der Waals surface area contributed by atoms with Crippen LogP contribution in [0.3, 0.4) is 0 Å². The number of anilines is 1. The third kappa shape index (κ3) is 4.53.